The molecule has 8 nitrogen and oxygen atoms in total. The van der Waals surface area contributed by atoms with Crippen LogP contribution in [0, 0.1) is 0 Å². The monoisotopic (exact) mass is 428 g/mol. The Morgan fingerprint density at radius 1 is 1.20 bits per heavy atom. The fourth-order valence-corrected chi connectivity index (χ4v) is 3.77. The number of carbonyl (C=O) groups is 1. The number of hydrogen-bond acceptors (Lipinski definition) is 6. The number of nitrogens with one attached hydrogen (secondary N) is 1. The number of nitrogens with zero attached hydrogens (tertiary/aromatic N) is 3. The van der Waals surface area contributed by atoms with Crippen molar-refractivity contribution in [2.75, 3.05) is 26.1 Å². The van der Waals surface area contributed by atoms with Crippen LogP contribution in [0.1, 0.15) is 24.8 Å². The van der Waals surface area contributed by atoms with Crippen LogP contribution in [-0.4, -0.2) is 41.8 Å². The molecule has 2 heterocycles. The molecular weight excluding hydrogens is 408 g/mol. The molecule has 3 aromatic rings. The van der Waals surface area contributed by atoms with Crippen molar-refractivity contribution in [1.82, 2.24) is 15.0 Å². The molecule has 2 amide bonds. The van der Waals surface area contributed by atoms with Gasteiger partial charge in [0.05, 0.1) is 24.8 Å². The van der Waals surface area contributed by atoms with E-state index >= 15 is 0 Å². The SMILES string of the molecule is COc1ccc(NC(=O)N2CCC[C@@H]2c2nc(-c3ccccc3OC)no2)cc1Cl. The number of hydrogen-bond donors (Lipinski definition) is 1. The van der Waals surface area contributed by atoms with Crippen LogP contribution in [0.5, 0.6) is 11.5 Å². The van der Waals surface area contributed by atoms with Crippen molar-refractivity contribution in [2.45, 2.75) is 18.9 Å². The van der Waals surface area contributed by atoms with E-state index in [1.54, 1.807) is 30.2 Å². The molecule has 2 aromatic carbocycles. The molecule has 1 fully saturated rings. The van der Waals surface area contributed by atoms with Crippen LogP contribution in [-0.2, 0) is 0 Å². The molecule has 0 bridgehead atoms. The predicted octanol–water partition coefficient (Wildman–Crippen LogP) is 4.78. The van der Waals surface area contributed by atoms with Crippen molar-refractivity contribution in [3.63, 3.8) is 0 Å². The Hall–Kier alpha value is -3.26. The quantitative estimate of drug-likeness (QED) is 0.629. The van der Waals surface area contributed by atoms with Gasteiger partial charge < -0.3 is 24.2 Å². The van der Waals surface area contributed by atoms with Crippen LogP contribution in [0.15, 0.2) is 47.0 Å². The van der Waals surface area contributed by atoms with Gasteiger partial charge in [0, 0.05) is 12.2 Å². The minimum atomic E-state index is -0.297. The average Bonchev–Trinajstić information content (AvgIpc) is 3.43. The third-order valence-corrected chi connectivity index (χ3v) is 5.29. The zero-order valence-electron chi connectivity index (χ0n) is 16.6. The second-order valence-electron chi connectivity index (χ2n) is 6.79. The van der Waals surface area contributed by atoms with E-state index < -0.39 is 0 Å². The van der Waals surface area contributed by atoms with E-state index in [9.17, 15) is 4.79 Å². The van der Waals surface area contributed by atoms with E-state index in [1.807, 2.05) is 24.3 Å². The first-order valence-electron chi connectivity index (χ1n) is 9.49. The summed E-state index contributed by atoms with van der Waals surface area (Å²) in [5.41, 5.74) is 1.31. The van der Waals surface area contributed by atoms with Crippen molar-refractivity contribution >= 4 is 23.3 Å². The molecule has 0 spiro atoms. The summed E-state index contributed by atoms with van der Waals surface area (Å²) in [5.74, 6) is 2.03. The Balaban J connectivity index is 1.52. The third kappa shape index (κ3) is 3.91. The smallest absolute Gasteiger partial charge is 0.322 e. The number of rotatable bonds is 5. The van der Waals surface area contributed by atoms with E-state index in [4.69, 9.17) is 25.6 Å². The molecule has 0 saturated carbocycles. The Labute approximate surface area is 178 Å². The summed E-state index contributed by atoms with van der Waals surface area (Å²) in [6.45, 7) is 0.590. The lowest BCUT2D eigenvalue weighted by atomic mass is 10.2. The van der Waals surface area contributed by atoms with Crippen molar-refractivity contribution in [2.24, 2.45) is 0 Å². The van der Waals surface area contributed by atoms with Crippen LogP contribution in [0.2, 0.25) is 5.02 Å². The Morgan fingerprint density at radius 3 is 2.77 bits per heavy atom. The minimum absolute atomic E-state index is 0.254. The van der Waals surface area contributed by atoms with Gasteiger partial charge in [0.15, 0.2) is 0 Å². The zero-order valence-corrected chi connectivity index (χ0v) is 17.3. The number of anilines is 1. The summed E-state index contributed by atoms with van der Waals surface area (Å²) in [4.78, 5) is 19.1. The highest BCUT2D eigenvalue weighted by Crippen LogP contribution is 2.34. The largest absolute Gasteiger partial charge is 0.496 e. The van der Waals surface area contributed by atoms with Crippen molar-refractivity contribution < 1.29 is 18.8 Å². The van der Waals surface area contributed by atoms with Gasteiger partial charge in [-0.2, -0.15) is 4.98 Å². The standard InChI is InChI=1S/C21H21ClN4O4/c1-28-17-8-4-3-6-14(17)19-24-20(30-25-19)16-7-5-11-26(16)21(27)23-13-9-10-18(29-2)15(22)12-13/h3-4,6,8-10,12,16H,5,7,11H2,1-2H3,(H,23,27)/t16-/m1/s1. The first-order valence-corrected chi connectivity index (χ1v) is 9.86. The van der Waals surface area contributed by atoms with Crippen LogP contribution in [0.3, 0.4) is 0 Å². The molecule has 1 saturated heterocycles. The number of methoxy groups -OCH3 is 2. The van der Waals surface area contributed by atoms with E-state index in [0.717, 1.165) is 18.4 Å². The molecule has 1 aromatic heterocycles. The van der Waals surface area contributed by atoms with Gasteiger partial charge in [-0.1, -0.05) is 28.9 Å². The van der Waals surface area contributed by atoms with Gasteiger partial charge in [0.1, 0.15) is 17.5 Å². The van der Waals surface area contributed by atoms with Crippen LogP contribution in [0.4, 0.5) is 10.5 Å². The highest BCUT2D eigenvalue weighted by atomic mass is 35.5. The van der Waals surface area contributed by atoms with Gasteiger partial charge in [-0.05, 0) is 43.2 Å². The van der Waals surface area contributed by atoms with Gasteiger partial charge in [-0.25, -0.2) is 4.79 Å². The number of ether oxygens (including phenoxy) is 2. The minimum Gasteiger partial charge on any atom is -0.496 e. The van der Waals surface area contributed by atoms with E-state index in [1.165, 1.54) is 7.11 Å². The summed E-state index contributed by atoms with van der Waals surface area (Å²) in [6, 6.07) is 12.0. The molecule has 30 heavy (non-hydrogen) atoms. The Bertz CT molecular complexity index is 1050. The second kappa shape index (κ2) is 8.62. The van der Waals surface area contributed by atoms with Crippen LogP contribution in [0.25, 0.3) is 11.4 Å². The maximum absolute atomic E-state index is 12.9. The lowest BCUT2D eigenvalue weighted by Gasteiger charge is -2.22. The fourth-order valence-electron chi connectivity index (χ4n) is 3.52. The summed E-state index contributed by atoms with van der Waals surface area (Å²) in [6.07, 6.45) is 1.58. The molecular formula is C21H21ClN4O4. The van der Waals surface area contributed by atoms with Crippen molar-refractivity contribution in [3.8, 4) is 22.9 Å². The number of benzene rings is 2. The molecule has 1 aliphatic rings. The van der Waals surface area contributed by atoms with E-state index in [-0.39, 0.29) is 12.1 Å². The van der Waals surface area contributed by atoms with Crippen molar-refractivity contribution in [1.29, 1.82) is 0 Å². The van der Waals surface area contributed by atoms with Gasteiger partial charge in [-0.3, -0.25) is 0 Å². The molecule has 156 valence electrons. The van der Waals surface area contributed by atoms with Gasteiger partial charge >= 0.3 is 6.03 Å². The lowest BCUT2D eigenvalue weighted by Crippen LogP contribution is -2.34. The van der Waals surface area contributed by atoms with Gasteiger partial charge in [0.2, 0.25) is 11.7 Å². The summed E-state index contributed by atoms with van der Waals surface area (Å²) >= 11 is 6.15. The van der Waals surface area contributed by atoms with E-state index in [0.29, 0.717) is 40.5 Å². The summed E-state index contributed by atoms with van der Waals surface area (Å²) < 4.78 is 16.0. The highest BCUT2D eigenvalue weighted by Gasteiger charge is 2.34. The Kier molecular flexibility index (Phi) is 5.76. The number of para-hydroxylation sites is 1. The molecule has 1 aliphatic heterocycles. The maximum atomic E-state index is 12.9. The van der Waals surface area contributed by atoms with E-state index in [2.05, 4.69) is 15.5 Å². The Morgan fingerprint density at radius 2 is 2.00 bits per heavy atom. The molecule has 4 rings (SSSR count). The summed E-state index contributed by atoms with van der Waals surface area (Å²) in [7, 11) is 3.13. The number of amides is 2. The first kappa shape index (κ1) is 20.0. The summed E-state index contributed by atoms with van der Waals surface area (Å²) in [5, 5.41) is 7.38. The molecule has 1 N–H and O–H groups in total. The first-order chi connectivity index (χ1) is 14.6. The molecule has 0 aliphatic carbocycles. The molecule has 1 atom stereocenters. The van der Waals surface area contributed by atoms with Gasteiger partial charge in [0.25, 0.3) is 0 Å². The molecule has 0 unspecified atom stereocenters. The maximum Gasteiger partial charge on any atom is 0.322 e. The molecule has 9 heteroatoms. The normalized spacial score (nSPS) is 15.8. The van der Waals surface area contributed by atoms with Crippen LogP contribution >= 0.6 is 11.6 Å². The predicted molar refractivity (Wildman–Crippen MR) is 112 cm³/mol. The topological polar surface area (TPSA) is 89.7 Å². The second-order valence-corrected chi connectivity index (χ2v) is 7.19. The zero-order chi connectivity index (χ0) is 21.1. The number of likely N-dealkylation sites (tertiary alicyclic amines) is 1. The van der Waals surface area contributed by atoms with Crippen molar-refractivity contribution in [3.05, 3.63) is 53.4 Å². The highest BCUT2D eigenvalue weighted by molar-refractivity contribution is 6.32. The number of carbonyl (C=O) groups excluding carboxylic acids is 1. The lowest BCUT2D eigenvalue weighted by molar-refractivity contribution is 0.193. The molecule has 0 radical (unpaired) electrons. The van der Waals surface area contributed by atoms with Crippen LogP contribution < -0.4 is 14.8 Å². The average molecular weight is 429 g/mol. The fraction of sp³-hybridized carbons (Fsp3) is 0.286. The number of aromatic nitrogens is 2. The van der Waals surface area contributed by atoms with Gasteiger partial charge in [-0.15, -0.1) is 0 Å². The third-order valence-electron chi connectivity index (χ3n) is 4.99. The number of urea groups is 1. The number of halogens is 1.